The van der Waals surface area contributed by atoms with Gasteiger partial charge in [-0.3, -0.25) is 9.59 Å². The number of unbranched alkanes of at least 4 members (excludes halogenated alkanes) is 1. The van der Waals surface area contributed by atoms with Crippen LogP contribution in [0.4, 0.5) is 0 Å². The Morgan fingerprint density at radius 3 is 2.22 bits per heavy atom. The maximum absolute atomic E-state index is 11.6. The summed E-state index contributed by atoms with van der Waals surface area (Å²) in [6.07, 6.45) is 6.10. The highest BCUT2D eigenvalue weighted by Crippen LogP contribution is 2.27. The van der Waals surface area contributed by atoms with Crippen LogP contribution in [0.5, 0.6) is 0 Å². The number of aliphatic hydroxyl groups excluding tert-OH is 1. The molecule has 1 aliphatic rings. The lowest BCUT2D eigenvalue weighted by molar-refractivity contribution is -0.132. The van der Waals surface area contributed by atoms with E-state index in [0.29, 0.717) is 19.4 Å². The van der Waals surface area contributed by atoms with Gasteiger partial charge in [-0.1, -0.05) is 58.4 Å². The molecule has 0 spiro atoms. The van der Waals surface area contributed by atoms with Gasteiger partial charge in [-0.2, -0.15) is 0 Å². The van der Waals surface area contributed by atoms with Crippen LogP contribution in [-0.2, 0) is 20.8 Å². The van der Waals surface area contributed by atoms with Crippen molar-refractivity contribution >= 4 is 29.9 Å². The van der Waals surface area contributed by atoms with Crippen molar-refractivity contribution in [2.75, 3.05) is 20.1 Å². The molecular weight excluding hydrogens is 474 g/mol. The van der Waals surface area contributed by atoms with Crippen LogP contribution in [0.25, 0.3) is 10.4 Å². The average molecular weight is 520 g/mol. The highest BCUT2D eigenvalue weighted by molar-refractivity contribution is 7.13. The molecule has 2 amide bonds. The van der Waals surface area contributed by atoms with E-state index < -0.39 is 0 Å². The van der Waals surface area contributed by atoms with Crippen LogP contribution in [0.1, 0.15) is 71.6 Å². The molecule has 36 heavy (non-hydrogen) atoms. The van der Waals surface area contributed by atoms with Crippen molar-refractivity contribution < 1.29 is 19.5 Å². The van der Waals surface area contributed by atoms with Gasteiger partial charge < -0.3 is 20.1 Å². The Morgan fingerprint density at radius 2 is 1.83 bits per heavy atom. The number of aldehydes is 1. The van der Waals surface area contributed by atoms with E-state index >= 15 is 0 Å². The summed E-state index contributed by atoms with van der Waals surface area (Å²) in [6, 6.07) is 8.91. The Balaban J connectivity index is 0.000000549. The normalized spacial score (nSPS) is 14.2. The van der Waals surface area contributed by atoms with Gasteiger partial charge in [0.2, 0.25) is 12.3 Å². The number of aliphatic hydroxyl groups is 1. The standard InChI is InChI=1S/C14H17NS.C10H19NO2.C2H5NO.C2H4O/c1-3-4-5-12-6-8-13(9-7-12)14-11(2)15-10-16-14;1-10(2,3)6-9(13)11-5-4-8(12)7-11;1-3-2-4;1-2-3/h6-10H,3-5H2,1-2H3;8,12H,4-7H2,1-3H3;2H,1H3,(H,3,4);2H,1H3. The fourth-order valence-corrected chi connectivity index (χ4v) is 4.13. The SMILES string of the molecule is CC(C)(C)CC(=O)N1CCC(O)C1.CC=O.CCCCc1ccc(-c2scnc2C)cc1.CNC=O. The molecule has 1 saturated heterocycles. The van der Waals surface area contributed by atoms with Crippen LogP contribution in [0, 0.1) is 12.3 Å². The molecule has 2 heterocycles. The number of β-amino-alcohol motifs (C(OH)–C–C–N with tert-alkyl or cyclic N) is 1. The van der Waals surface area contributed by atoms with E-state index in [4.69, 9.17) is 9.59 Å². The third kappa shape index (κ3) is 14.7. The molecule has 0 saturated carbocycles. The Hall–Kier alpha value is -2.58. The topological polar surface area (TPSA) is 99.6 Å². The highest BCUT2D eigenvalue weighted by Gasteiger charge is 2.27. The number of thiazole rings is 1. The summed E-state index contributed by atoms with van der Waals surface area (Å²) in [5.41, 5.74) is 5.82. The third-order valence-electron chi connectivity index (χ3n) is 5.10. The van der Waals surface area contributed by atoms with Crippen molar-refractivity contribution in [1.82, 2.24) is 15.2 Å². The highest BCUT2D eigenvalue weighted by atomic mass is 32.1. The monoisotopic (exact) mass is 519 g/mol. The van der Waals surface area contributed by atoms with E-state index in [-0.39, 0.29) is 17.4 Å². The molecule has 7 nitrogen and oxygen atoms in total. The van der Waals surface area contributed by atoms with Crippen molar-refractivity contribution in [3.63, 3.8) is 0 Å². The van der Waals surface area contributed by atoms with Crippen LogP contribution in [-0.4, -0.2) is 59.8 Å². The molecule has 2 aromatic rings. The third-order valence-corrected chi connectivity index (χ3v) is 6.07. The lowest BCUT2D eigenvalue weighted by atomic mass is 9.92. The number of likely N-dealkylation sites (tertiary alicyclic amines) is 1. The molecule has 1 aromatic heterocycles. The number of amides is 2. The van der Waals surface area contributed by atoms with Crippen molar-refractivity contribution in [2.45, 2.75) is 79.8 Å². The second-order valence-electron chi connectivity index (χ2n) is 9.73. The van der Waals surface area contributed by atoms with E-state index in [9.17, 15) is 9.90 Å². The lowest BCUT2D eigenvalue weighted by Gasteiger charge is -2.22. The van der Waals surface area contributed by atoms with Gasteiger partial charge in [0.1, 0.15) is 6.29 Å². The maximum atomic E-state index is 11.6. The van der Waals surface area contributed by atoms with Gasteiger partial charge in [-0.05, 0) is 49.7 Å². The Labute approximate surface area is 221 Å². The van der Waals surface area contributed by atoms with Gasteiger partial charge in [0, 0.05) is 26.6 Å². The average Bonchev–Trinajstić information content (AvgIpc) is 3.46. The van der Waals surface area contributed by atoms with Gasteiger partial charge >= 0.3 is 0 Å². The van der Waals surface area contributed by atoms with Crippen molar-refractivity contribution in [1.29, 1.82) is 0 Å². The second kappa shape index (κ2) is 18.7. The predicted molar refractivity (Wildman–Crippen MR) is 149 cm³/mol. The van der Waals surface area contributed by atoms with Gasteiger partial charge in [-0.25, -0.2) is 4.98 Å². The number of hydrogen-bond donors (Lipinski definition) is 2. The quantitative estimate of drug-likeness (QED) is 0.521. The number of nitrogens with one attached hydrogen (secondary N) is 1. The van der Waals surface area contributed by atoms with Gasteiger partial charge in [0.05, 0.1) is 22.2 Å². The number of benzene rings is 1. The number of aromatic nitrogens is 1. The molecule has 3 rings (SSSR count). The van der Waals surface area contributed by atoms with Crippen molar-refractivity contribution in [3.8, 4) is 10.4 Å². The second-order valence-corrected chi connectivity index (χ2v) is 10.6. The summed E-state index contributed by atoms with van der Waals surface area (Å²) in [5, 5.41) is 11.5. The summed E-state index contributed by atoms with van der Waals surface area (Å²) in [4.78, 5) is 36.8. The van der Waals surface area contributed by atoms with Crippen LogP contribution >= 0.6 is 11.3 Å². The van der Waals surface area contributed by atoms with Crippen LogP contribution < -0.4 is 5.32 Å². The maximum Gasteiger partial charge on any atom is 0.223 e. The largest absolute Gasteiger partial charge is 0.391 e. The van der Waals surface area contributed by atoms with Gasteiger partial charge in [0.15, 0.2) is 0 Å². The Bertz CT molecular complexity index is 876. The number of carbonyl (C=O) groups is 3. The van der Waals surface area contributed by atoms with Crippen LogP contribution in [0.2, 0.25) is 0 Å². The first-order chi connectivity index (χ1) is 17.0. The molecule has 0 aliphatic carbocycles. The van der Waals surface area contributed by atoms with Gasteiger partial charge in [-0.15, -0.1) is 11.3 Å². The molecule has 0 bridgehead atoms. The molecule has 1 fully saturated rings. The first-order valence-electron chi connectivity index (χ1n) is 12.5. The molecule has 1 atom stereocenters. The summed E-state index contributed by atoms with van der Waals surface area (Å²) >= 11 is 1.72. The van der Waals surface area contributed by atoms with E-state index in [1.54, 1.807) is 23.3 Å². The predicted octanol–water partition coefficient (Wildman–Crippen LogP) is 5.04. The molecule has 0 radical (unpaired) electrons. The van der Waals surface area contributed by atoms with E-state index in [2.05, 4.69) is 69.2 Å². The minimum absolute atomic E-state index is 0.0463. The first-order valence-corrected chi connectivity index (χ1v) is 13.4. The zero-order valence-electron chi connectivity index (χ0n) is 23.0. The number of hydrogen-bond acceptors (Lipinski definition) is 6. The lowest BCUT2D eigenvalue weighted by Crippen LogP contribution is -2.32. The molecule has 2 N–H and O–H groups in total. The van der Waals surface area contributed by atoms with E-state index in [1.165, 1.54) is 42.2 Å². The zero-order valence-corrected chi connectivity index (χ0v) is 23.9. The summed E-state index contributed by atoms with van der Waals surface area (Å²) in [6.45, 7) is 13.1. The smallest absolute Gasteiger partial charge is 0.223 e. The molecular formula is C28H45N3O4S. The first kappa shape index (κ1) is 33.4. The summed E-state index contributed by atoms with van der Waals surface area (Å²) in [5.74, 6) is 0.170. The minimum atomic E-state index is -0.302. The molecule has 8 heteroatoms. The summed E-state index contributed by atoms with van der Waals surface area (Å²) < 4.78 is 0. The molecule has 1 aromatic carbocycles. The Kier molecular flexibility index (Phi) is 17.3. The van der Waals surface area contributed by atoms with E-state index in [0.717, 1.165) is 24.9 Å². The summed E-state index contributed by atoms with van der Waals surface area (Å²) in [7, 11) is 1.56. The fraction of sp³-hybridized carbons (Fsp3) is 0.571. The zero-order chi connectivity index (χ0) is 27.6. The minimum Gasteiger partial charge on any atom is -0.391 e. The number of rotatable bonds is 6. The number of carbonyl (C=O) groups excluding carboxylic acids is 3. The molecule has 202 valence electrons. The van der Waals surface area contributed by atoms with Crippen LogP contribution in [0.3, 0.4) is 0 Å². The van der Waals surface area contributed by atoms with Crippen LogP contribution in [0.15, 0.2) is 29.8 Å². The van der Waals surface area contributed by atoms with E-state index in [1.807, 2.05) is 5.51 Å². The number of aryl methyl sites for hydroxylation is 2. The number of nitrogens with zero attached hydrogens (tertiary/aromatic N) is 2. The van der Waals surface area contributed by atoms with Crippen molar-refractivity contribution in [2.24, 2.45) is 5.41 Å². The van der Waals surface area contributed by atoms with Crippen molar-refractivity contribution in [3.05, 3.63) is 41.0 Å². The molecule has 1 unspecified atom stereocenters. The fourth-order valence-electron chi connectivity index (χ4n) is 3.32. The Morgan fingerprint density at radius 1 is 1.25 bits per heavy atom. The molecule has 1 aliphatic heterocycles. The van der Waals surface area contributed by atoms with Gasteiger partial charge in [0.25, 0.3) is 0 Å².